The first-order valence-corrected chi connectivity index (χ1v) is 4.39. The minimum Gasteiger partial charge on any atom is -0.319 e. The number of hydrogen-bond acceptors (Lipinski definition) is 2. The second-order valence-electron chi connectivity index (χ2n) is 2.46. The first-order chi connectivity index (χ1) is 5.25. The van der Waals surface area contributed by atoms with E-state index in [-0.39, 0.29) is 0 Å². The Labute approximate surface area is 74.7 Å². The molecule has 0 radical (unpaired) electrons. The largest absolute Gasteiger partial charge is 0.319 e. The standard InChI is InChI=1S/C7H12BrN3/c1-5-7(8)6(11-10-5)3-4-9-2/h9H,3-4H2,1-2H3,(H,10,11). The zero-order valence-electron chi connectivity index (χ0n) is 6.74. The van der Waals surface area contributed by atoms with Crippen LogP contribution in [0.4, 0.5) is 0 Å². The maximum absolute atomic E-state index is 4.14. The number of aryl methyl sites for hydroxylation is 1. The smallest absolute Gasteiger partial charge is 0.0779 e. The molecule has 0 unspecified atom stereocenters. The van der Waals surface area contributed by atoms with E-state index >= 15 is 0 Å². The minimum absolute atomic E-state index is 0.960. The average molecular weight is 218 g/mol. The number of nitrogens with zero attached hydrogens (tertiary/aromatic N) is 1. The van der Waals surface area contributed by atoms with Crippen molar-refractivity contribution < 1.29 is 0 Å². The summed E-state index contributed by atoms with van der Waals surface area (Å²) in [6, 6.07) is 0. The Morgan fingerprint density at radius 1 is 1.64 bits per heavy atom. The number of hydrogen-bond donors (Lipinski definition) is 2. The van der Waals surface area contributed by atoms with E-state index in [1.807, 2.05) is 14.0 Å². The Bertz CT molecular complexity index is 232. The Kier molecular flexibility index (Phi) is 3.08. The molecule has 0 atom stereocenters. The van der Waals surface area contributed by atoms with Crippen LogP contribution in [0, 0.1) is 6.92 Å². The minimum atomic E-state index is 0.960. The normalized spacial score (nSPS) is 10.5. The average Bonchev–Trinajstić information content (AvgIpc) is 2.31. The van der Waals surface area contributed by atoms with Crippen molar-refractivity contribution in [2.75, 3.05) is 13.6 Å². The molecule has 1 heterocycles. The van der Waals surface area contributed by atoms with Crippen molar-refractivity contribution in [1.29, 1.82) is 0 Å². The van der Waals surface area contributed by atoms with E-state index in [0.29, 0.717) is 0 Å². The number of nitrogens with one attached hydrogen (secondary N) is 2. The van der Waals surface area contributed by atoms with Crippen LogP contribution in [0.3, 0.4) is 0 Å². The van der Waals surface area contributed by atoms with Crippen molar-refractivity contribution in [3.05, 3.63) is 15.9 Å². The molecule has 0 spiro atoms. The van der Waals surface area contributed by atoms with E-state index in [1.165, 1.54) is 0 Å². The second kappa shape index (κ2) is 3.88. The topological polar surface area (TPSA) is 40.7 Å². The molecule has 0 aromatic carbocycles. The molecular weight excluding hydrogens is 206 g/mol. The Balaban J connectivity index is 2.63. The number of halogens is 1. The fourth-order valence-electron chi connectivity index (χ4n) is 0.875. The molecule has 3 nitrogen and oxygen atoms in total. The van der Waals surface area contributed by atoms with Crippen molar-refractivity contribution in [2.45, 2.75) is 13.3 Å². The van der Waals surface area contributed by atoms with Crippen LogP contribution in [0.15, 0.2) is 4.47 Å². The van der Waals surface area contributed by atoms with Crippen molar-refractivity contribution in [3.8, 4) is 0 Å². The van der Waals surface area contributed by atoms with Crippen LogP contribution in [-0.4, -0.2) is 23.8 Å². The molecule has 0 fully saturated rings. The number of aromatic amines is 1. The highest BCUT2D eigenvalue weighted by Gasteiger charge is 2.04. The lowest BCUT2D eigenvalue weighted by Gasteiger charge is -1.95. The summed E-state index contributed by atoms with van der Waals surface area (Å²) < 4.78 is 1.10. The summed E-state index contributed by atoms with van der Waals surface area (Å²) in [5, 5.41) is 10.1. The van der Waals surface area contributed by atoms with Crippen molar-refractivity contribution in [1.82, 2.24) is 15.5 Å². The van der Waals surface area contributed by atoms with Gasteiger partial charge in [-0.1, -0.05) is 0 Å². The maximum atomic E-state index is 4.14. The van der Waals surface area contributed by atoms with Crippen LogP contribution in [-0.2, 0) is 6.42 Å². The highest BCUT2D eigenvalue weighted by Crippen LogP contribution is 2.17. The molecule has 0 aliphatic carbocycles. The van der Waals surface area contributed by atoms with Crippen LogP contribution in [0.5, 0.6) is 0 Å². The number of likely N-dealkylation sites (N-methyl/N-ethyl adjacent to an activating group) is 1. The molecule has 0 saturated carbocycles. The van der Waals surface area contributed by atoms with Gasteiger partial charge in [0, 0.05) is 18.7 Å². The molecule has 62 valence electrons. The first-order valence-electron chi connectivity index (χ1n) is 3.59. The third kappa shape index (κ3) is 2.04. The first kappa shape index (κ1) is 8.74. The summed E-state index contributed by atoms with van der Waals surface area (Å²) in [5.74, 6) is 0. The SMILES string of the molecule is CNCCc1n[nH]c(C)c1Br. The molecule has 11 heavy (non-hydrogen) atoms. The fourth-order valence-corrected chi connectivity index (χ4v) is 1.25. The predicted molar refractivity (Wildman–Crippen MR) is 48.7 cm³/mol. The quantitative estimate of drug-likeness (QED) is 0.801. The lowest BCUT2D eigenvalue weighted by atomic mass is 10.3. The molecule has 0 amide bonds. The van der Waals surface area contributed by atoms with Crippen LogP contribution in [0.2, 0.25) is 0 Å². The van der Waals surface area contributed by atoms with Gasteiger partial charge in [0.1, 0.15) is 0 Å². The fraction of sp³-hybridized carbons (Fsp3) is 0.571. The summed E-state index contributed by atoms with van der Waals surface area (Å²) in [4.78, 5) is 0. The van der Waals surface area contributed by atoms with E-state index in [1.54, 1.807) is 0 Å². The molecule has 0 aliphatic heterocycles. The molecule has 1 aromatic heterocycles. The maximum Gasteiger partial charge on any atom is 0.0779 e. The molecular formula is C7H12BrN3. The lowest BCUT2D eigenvalue weighted by molar-refractivity contribution is 0.770. The van der Waals surface area contributed by atoms with Gasteiger partial charge in [-0.25, -0.2) is 0 Å². The second-order valence-corrected chi connectivity index (χ2v) is 3.26. The zero-order valence-corrected chi connectivity index (χ0v) is 8.33. The van der Waals surface area contributed by atoms with Crippen molar-refractivity contribution in [2.24, 2.45) is 0 Å². The van der Waals surface area contributed by atoms with E-state index < -0.39 is 0 Å². The molecule has 0 aliphatic rings. The van der Waals surface area contributed by atoms with Gasteiger partial charge in [0.25, 0.3) is 0 Å². The number of H-pyrrole nitrogens is 1. The molecule has 4 heteroatoms. The van der Waals surface area contributed by atoms with Gasteiger partial charge in [0.15, 0.2) is 0 Å². The molecule has 2 N–H and O–H groups in total. The predicted octanol–water partition coefficient (Wildman–Crippen LogP) is 1.24. The number of aromatic nitrogens is 2. The van der Waals surface area contributed by atoms with Crippen LogP contribution in [0.1, 0.15) is 11.4 Å². The summed E-state index contributed by atoms with van der Waals surface area (Å²) in [6.45, 7) is 2.96. The summed E-state index contributed by atoms with van der Waals surface area (Å²) in [6.07, 6.45) is 0.960. The van der Waals surface area contributed by atoms with Gasteiger partial charge in [0.2, 0.25) is 0 Å². The van der Waals surface area contributed by atoms with Gasteiger partial charge in [0.05, 0.1) is 10.2 Å². The van der Waals surface area contributed by atoms with Gasteiger partial charge < -0.3 is 5.32 Å². The van der Waals surface area contributed by atoms with E-state index in [9.17, 15) is 0 Å². The zero-order chi connectivity index (χ0) is 8.27. The number of rotatable bonds is 3. The third-order valence-corrected chi connectivity index (χ3v) is 2.61. The van der Waals surface area contributed by atoms with E-state index in [0.717, 1.165) is 28.8 Å². The van der Waals surface area contributed by atoms with E-state index in [4.69, 9.17) is 0 Å². The molecule has 0 bridgehead atoms. The Morgan fingerprint density at radius 3 is 2.82 bits per heavy atom. The highest BCUT2D eigenvalue weighted by molar-refractivity contribution is 9.10. The van der Waals surface area contributed by atoms with Gasteiger partial charge in [-0.15, -0.1) is 0 Å². The molecule has 0 saturated heterocycles. The van der Waals surface area contributed by atoms with Crippen LogP contribution in [0.25, 0.3) is 0 Å². The van der Waals surface area contributed by atoms with Gasteiger partial charge >= 0.3 is 0 Å². The third-order valence-electron chi connectivity index (χ3n) is 1.55. The Hall–Kier alpha value is -0.350. The van der Waals surface area contributed by atoms with Gasteiger partial charge in [-0.3, -0.25) is 5.10 Å². The Morgan fingerprint density at radius 2 is 2.36 bits per heavy atom. The van der Waals surface area contributed by atoms with Crippen LogP contribution < -0.4 is 5.32 Å². The molecule has 1 rings (SSSR count). The van der Waals surface area contributed by atoms with Crippen molar-refractivity contribution >= 4 is 15.9 Å². The van der Waals surface area contributed by atoms with E-state index in [2.05, 4.69) is 31.4 Å². The van der Waals surface area contributed by atoms with Gasteiger partial charge in [-0.2, -0.15) is 5.10 Å². The van der Waals surface area contributed by atoms with Crippen LogP contribution >= 0.6 is 15.9 Å². The summed E-state index contributed by atoms with van der Waals surface area (Å²) in [5.41, 5.74) is 2.19. The summed E-state index contributed by atoms with van der Waals surface area (Å²) in [7, 11) is 1.94. The summed E-state index contributed by atoms with van der Waals surface area (Å²) >= 11 is 3.46. The monoisotopic (exact) mass is 217 g/mol. The van der Waals surface area contributed by atoms with Gasteiger partial charge in [-0.05, 0) is 29.9 Å². The lowest BCUT2D eigenvalue weighted by Crippen LogP contribution is -2.10. The van der Waals surface area contributed by atoms with Crippen molar-refractivity contribution in [3.63, 3.8) is 0 Å². The highest BCUT2D eigenvalue weighted by atomic mass is 79.9. The molecule has 1 aromatic rings.